The van der Waals surface area contributed by atoms with Gasteiger partial charge < -0.3 is 20.5 Å². The standard InChI is InChI=1S/C12H16N2O4/c1-13-7-6-11(15)14-9-2-4-10(5-3-9)18-8-12(16)17/h2-5,13H,6-8H2,1H3,(H,14,15)(H,16,17). The largest absolute Gasteiger partial charge is 0.482 e. The zero-order valence-electron chi connectivity index (χ0n) is 10.1. The highest BCUT2D eigenvalue weighted by Crippen LogP contribution is 2.15. The summed E-state index contributed by atoms with van der Waals surface area (Å²) in [5, 5.41) is 14.0. The maximum Gasteiger partial charge on any atom is 0.341 e. The van der Waals surface area contributed by atoms with Crippen molar-refractivity contribution in [3.8, 4) is 5.75 Å². The summed E-state index contributed by atoms with van der Waals surface area (Å²) >= 11 is 0. The van der Waals surface area contributed by atoms with Crippen LogP contribution < -0.4 is 15.4 Å². The average molecular weight is 252 g/mol. The molecule has 0 bridgehead atoms. The van der Waals surface area contributed by atoms with Gasteiger partial charge in [-0.3, -0.25) is 4.79 Å². The van der Waals surface area contributed by atoms with Gasteiger partial charge >= 0.3 is 5.97 Å². The summed E-state index contributed by atoms with van der Waals surface area (Å²) in [6, 6.07) is 6.54. The van der Waals surface area contributed by atoms with E-state index >= 15 is 0 Å². The molecule has 0 saturated carbocycles. The number of carboxylic acids is 1. The molecule has 3 N–H and O–H groups in total. The Balaban J connectivity index is 2.44. The molecule has 1 rings (SSSR count). The highest BCUT2D eigenvalue weighted by molar-refractivity contribution is 5.90. The summed E-state index contributed by atoms with van der Waals surface area (Å²) < 4.78 is 4.97. The fourth-order valence-electron chi connectivity index (χ4n) is 1.24. The molecule has 0 spiro atoms. The molecule has 1 aromatic carbocycles. The van der Waals surface area contributed by atoms with Crippen LogP contribution in [0.15, 0.2) is 24.3 Å². The van der Waals surface area contributed by atoms with E-state index in [1.54, 1.807) is 31.3 Å². The van der Waals surface area contributed by atoms with E-state index in [0.717, 1.165) is 0 Å². The predicted octanol–water partition coefficient (Wildman–Crippen LogP) is 0.698. The third-order valence-corrected chi connectivity index (χ3v) is 2.10. The molecule has 6 heteroatoms. The van der Waals surface area contributed by atoms with E-state index < -0.39 is 5.97 Å². The van der Waals surface area contributed by atoms with E-state index in [0.29, 0.717) is 24.4 Å². The van der Waals surface area contributed by atoms with Gasteiger partial charge in [0.05, 0.1) is 0 Å². The molecule has 0 aromatic heterocycles. The zero-order chi connectivity index (χ0) is 13.4. The van der Waals surface area contributed by atoms with Gasteiger partial charge in [-0.2, -0.15) is 0 Å². The molecule has 0 saturated heterocycles. The number of benzene rings is 1. The van der Waals surface area contributed by atoms with Gasteiger partial charge in [0.15, 0.2) is 6.61 Å². The topological polar surface area (TPSA) is 87.7 Å². The molecular formula is C12H16N2O4. The summed E-state index contributed by atoms with van der Waals surface area (Å²) in [5.41, 5.74) is 0.652. The van der Waals surface area contributed by atoms with Crippen LogP contribution >= 0.6 is 0 Å². The Bertz CT molecular complexity index is 403. The SMILES string of the molecule is CNCCC(=O)Nc1ccc(OCC(=O)O)cc1. The minimum Gasteiger partial charge on any atom is -0.482 e. The van der Waals surface area contributed by atoms with Crippen LogP contribution in [0.2, 0.25) is 0 Å². The fraction of sp³-hybridized carbons (Fsp3) is 0.333. The van der Waals surface area contributed by atoms with Crippen LogP contribution in [0.1, 0.15) is 6.42 Å². The Labute approximate surface area is 105 Å². The molecule has 18 heavy (non-hydrogen) atoms. The molecule has 6 nitrogen and oxygen atoms in total. The number of amides is 1. The molecule has 0 atom stereocenters. The second-order valence-corrected chi connectivity index (χ2v) is 3.61. The van der Waals surface area contributed by atoms with Gasteiger partial charge in [0.25, 0.3) is 0 Å². The van der Waals surface area contributed by atoms with E-state index in [-0.39, 0.29) is 12.5 Å². The summed E-state index contributed by atoms with van der Waals surface area (Å²) in [4.78, 5) is 21.7. The quantitative estimate of drug-likeness (QED) is 0.664. The van der Waals surface area contributed by atoms with Gasteiger partial charge in [-0.05, 0) is 31.3 Å². The monoisotopic (exact) mass is 252 g/mol. The maximum atomic E-state index is 11.4. The van der Waals surface area contributed by atoms with Crippen LogP contribution in [0, 0.1) is 0 Å². The average Bonchev–Trinajstić information content (AvgIpc) is 2.35. The van der Waals surface area contributed by atoms with Gasteiger partial charge in [-0.15, -0.1) is 0 Å². The van der Waals surface area contributed by atoms with Crippen LogP contribution in [0.5, 0.6) is 5.75 Å². The number of ether oxygens (including phenoxy) is 1. The van der Waals surface area contributed by atoms with Crippen molar-refractivity contribution in [2.75, 3.05) is 25.5 Å². The van der Waals surface area contributed by atoms with Gasteiger partial charge in [0.2, 0.25) is 5.91 Å². The molecule has 0 fully saturated rings. The Morgan fingerprint density at radius 1 is 1.28 bits per heavy atom. The lowest BCUT2D eigenvalue weighted by atomic mass is 10.3. The number of nitrogens with one attached hydrogen (secondary N) is 2. The number of carboxylic acid groups (broad SMARTS) is 1. The zero-order valence-corrected chi connectivity index (χ0v) is 10.1. The fourth-order valence-corrected chi connectivity index (χ4v) is 1.24. The van der Waals surface area contributed by atoms with Crippen molar-refractivity contribution in [3.63, 3.8) is 0 Å². The van der Waals surface area contributed by atoms with E-state index in [2.05, 4.69) is 10.6 Å². The van der Waals surface area contributed by atoms with Crippen molar-refractivity contribution in [2.24, 2.45) is 0 Å². The molecule has 1 amide bonds. The first-order valence-corrected chi connectivity index (χ1v) is 5.51. The summed E-state index contributed by atoms with van der Waals surface area (Å²) in [7, 11) is 1.78. The van der Waals surface area contributed by atoms with Crippen LogP contribution in [-0.2, 0) is 9.59 Å². The number of hydrogen-bond donors (Lipinski definition) is 3. The van der Waals surface area contributed by atoms with Crippen LogP contribution in [0.4, 0.5) is 5.69 Å². The summed E-state index contributed by atoms with van der Waals surface area (Å²) in [6.07, 6.45) is 0.397. The van der Waals surface area contributed by atoms with Crippen molar-refractivity contribution in [1.29, 1.82) is 0 Å². The molecule has 0 aliphatic heterocycles. The molecule has 0 aliphatic rings. The van der Waals surface area contributed by atoms with Gasteiger partial charge in [0.1, 0.15) is 5.75 Å². The van der Waals surface area contributed by atoms with Gasteiger partial charge in [0, 0.05) is 18.7 Å². The van der Waals surface area contributed by atoms with Gasteiger partial charge in [-0.25, -0.2) is 4.79 Å². The third-order valence-electron chi connectivity index (χ3n) is 2.10. The summed E-state index contributed by atoms with van der Waals surface area (Å²) in [5.74, 6) is -0.659. The molecule has 98 valence electrons. The third kappa shape index (κ3) is 5.31. The first-order chi connectivity index (χ1) is 8.61. The minimum absolute atomic E-state index is 0.0800. The van der Waals surface area contributed by atoms with Crippen molar-refractivity contribution in [3.05, 3.63) is 24.3 Å². The Morgan fingerprint density at radius 2 is 1.94 bits per heavy atom. The van der Waals surface area contributed by atoms with E-state index in [1.165, 1.54) is 0 Å². The number of hydrogen-bond acceptors (Lipinski definition) is 4. The van der Waals surface area contributed by atoms with Gasteiger partial charge in [-0.1, -0.05) is 0 Å². The highest BCUT2D eigenvalue weighted by Gasteiger charge is 2.02. The highest BCUT2D eigenvalue weighted by atomic mass is 16.5. The smallest absolute Gasteiger partial charge is 0.341 e. The van der Waals surface area contributed by atoms with E-state index in [1.807, 2.05) is 0 Å². The van der Waals surface area contributed by atoms with Crippen molar-refractivity contribution < 1.29 is 19.4 Å². The number of carbonyl (C=O) groups is 2. The van der Waals surface area contributed by atoms with E-state index in [9.17, 15) is 9.59 Å². The number of rotatable bonds is 7. The predicted molar refractivity (Wildman–Crippen MR) is 66.7 cm³/mol. The second-order valence-electron chi connectivity index (χ2n) is 3.61. The van der Waals surface area contributed by atoms with Crippen molar-refractivity contribution in [1.82, 2.24) is 5.32 Å². The first-order valence-electron chi connectivity index (χ1n) is 5.51. The second kappa shape index (κ2) is 7.29. The van der Waals surface area contributed by atoms with Crippen LogP contribution in [0.3, 0.4) is 0 Å². The van der Waals surface area contributed by atoms with Crippen molar-refractivity contribution >= 4 is 17.6 Å². The van der Waals surface area contributed by atoms with Crippen molar-refractivity contribution in [2.45, 2.75) is 6.42 Å². The Hall–Kier alpha value is -2.08. The first kappa shape index (κ1) is 14.0. The maximum absolute atomic E-state index is 11.4. The minimum atomic E-state index is -1.03. The lowest BCUT2D eigenvalue weighted by Gasteiger charge is -2.07. The van der Waals surface area contributed by atoms with Crippen LogP contribution in [0.25, 0.3) is 0 Å². The molecular weight excluding hydrogens is 236 g/mol. The molecule has 1 aromatic rings. The molecule has 0 aliphatic carbocycles. The van der Waals surface area contributed by atoms with E-state index in [4.69, 9.17) is 9.84 Å². The normalized spacial score (nSPS) is 9.83. The lowest BCUT2D eigenvalue weighted by Crippen LogP contribution is -2.18. The molecule has 0 radical (unpaired) electrons. The Morgan fingerprint density at radius 3 is 2.50 bits per heavy atom. The van der Waals surface area contributed by atoms with Crippen LogP contribution in [-0.4, -0.2) is 37.2 Å². The molecule has 0 heterocycles. The number of aliphatic carboxylic acids is 1. The Kier molecular flexibility index (Phi) is 5.66. The number of anilines is 1. The lowest BCUT2D eigenvalue weighted by molar-refractivity contribution is -0.139. The molecule has 0 unspecified atom stereocenters. The summed E-state index contributed by atoms with van der Waals surface area (Å²) in [6.45, 7) is 0.236. The number of carbonyl (C=O) groups excluding carboxylic acids is 1.